The summed E-state index contributed by atoms with van der Waals surface area (Å²) in [6, 6.07) is 8.83. The SMILES string of the molecule is CC1CCN(c2ccc(C(F)(F)F)cc2NC(=O)c2ccccc2C(=O)O)CC1. The van der Waals surface area contributed by atoms with Gasteiger partial charge in [-0.1, -0.05) is 19.1 Å². The number of carboxylic acids is 1. The molecule has 2 aromatic rings. The fraction of sp³-hybridized carbons (Fsp3) is 0.333. The number of nitrogens with zero attached hydrogens (tertiary/aromatic N) is 1. The second-order valence-corrected chi connectivity index (χ2v) is 7.20. The number of carboxylic acid groups (broad SMARTS) is 1. The minimum absolute atomic E-state index is 0.0135. The van der Waals surface area contributed by atoms with Crippen molar-refractivity contribution < 1.29 is 27.9 Å². The molecule has 154 valence electrons. The highest BCUT2D eigenvalue weighted by Gasteiger charge is 2.32. The van der Waals surface area contributed by atoms with Crippen LogP contribution in [0.2, 0.25) is 0 Å². The third-order valence-corrected chi connectivity index (χ3v) is 5.10. The number of hydrogen-bond donors (Lipinski definition) is 2. The molecule has 0 radical (unpaired) electrons. The van der Waals surface area contributed by atoms with Crippen LogP contribution in [0.5, 0.6) is 0 Å². The first kappa shape index (κ1) is 20.7. The van der Waals surface area contributed by atoms with Crippen molar-refractivity contribution in [1.29, 1.82) is 0 Å². The summed E-state index contributed by atoms with van der Waals surface area (Å²) in [6.07, 6.45) is -2.76. The molecule has 8 heteroatoms. The maximum atomic E-state index is 13.2. The van der Waals surface area contributed by atoms with Gasteiger partial charge in [-0.3, -0.25) is 4.79 Å². The Labute approximate surface area is 166 Å². The second-order valence-electron chi connectivity index (χ2n) is 7.20. The molecular weight excluding hydrogens is 385 g/mol. The van der Waals surface area contributed by atoms with Gasteiger partial charge in [-0.15, -0.1) is 0 Å². The smallest absolute Gasteiger partial charge is 0.416 e. The minimum atomic E-state index is -4.56. The monoisotopic (exact) mass is 406 g/mol. The number of carbonyl (C=O) groups excluding carboxylic acids is 1. The highest BCUT2D eigenvalue weighted by Crippen LogP contribution is 2.37. The Bertz CT molecular complexity index is 920. The van der Waals surface area contributed by atoms with E-state index >= 15 is 0 Å². The molecule has 1 fully saturated rings. The molecule has 0 unspecified atom stereocenters. The molecular formula is C21H21F3N2O3. The third-order valence-electron chi connectivity index (χ3n) is 5.10. The first-order chi connectivity index (χ1) is 13.7. The molecule has 0 aromatic heterocycles. The average molecular weight is 406 g/mol. The van der Waals surface area contributed by atoms with Gasteiger partial charge in [0.15, 0.2) is 0 Å². The molecule has 2 aromatic carbocycles. The number of aromatic carboxylic acids is 1. The van der Waals surface area contributed by atoms with E-state index < -0.39 is 23.6 Å². The van der Waals surface area contributed by atoms with Crippen molar-refractivity contribution in [2.24, 2.45) is 5.92 Å². The van der Waals surface area contributed by atoms with Gasteiger partial charge in [0.1, 0.15) is 0 Å². The highest BCUT2D eigenvalue weighted by atomic mass is 19.4. The first-order valence-electron chi connectivity index (χ1n) is 9.26. The fourth-order valence-corrected chi connectivity index (χ4v) is 3.39. The molecule has 0 atom stereocenters. The highest BCUT2D eigenvalue weighted by molar-refractivity contribution is 6.11. The Morgan fingerprint density at radius 3 is 2.28 bits per heavy atom. The van der Waals surface area contributed by atoms with Gasteiger partial charge in [0.2, 0.25) is 0 Å². The molecule has 1 aliphatic heterocycles. The standard InChI is InChI=1S/C21H21F3N2O3/c1-13-8-10-26(11-9-13)18-7-6-14(21(22,23)24)12-17(18)25-19(27)15-4-2-3-5-16(15)20(28)29/h2-7,12-13H,8-11H2,1H3,(H,25,27)(H,28,29). The Morgan fingerprint density at radius 1 is 1.07 bits per heavy atom. The Hall–Kier alpha value is -3.03. The van der Waals surface area contributed by atoms with Crippen LogP contribution in [-0.2, 0) is 6.18 Å². The van der Waals surface area contributed by atoms with Crippen LogP contribution >= 0.6 is 0 Å². The lowest BCUT2D eigenvalue weighted by Crippen LogP contribution is -2.33. The van der Waals surface area contributed by atoms with Crippen molar-refractivity contribution in [3.8, 4) is 0 Å². The van der Waals surface area contributed by atoms with Crippen LogP contribution in [0.25, 0.3) is 0 Å². The number of carbonyl (C=O) groups is 2. The first-order valence-corrected chi connectivity index (χ1v) is 9.26. The van der Waals surface area contributed by atoms with Gasteiger partial charge in [0, 0.05) is 13.1 Å². The number of benzene rings is 2. The summed E-state index contributed by atoms with van der Waals surface area (Å²) >= 11 is 0. The second kappa shape index (κ2) is 8.14. The molecule has 0 aliphatic carbocycles. The number of rotatable bonds is 4. The maximum absolute atomic E-state index is 13.2. The summed E-state index contributed by atoms with van der Waals surface area (Å²) in [5.74, 6) is -1.53. The van der Waals surface area contributed by atoms with Gasteiger partial charge < -0.3 is 15.3 Å². The van der Waals surface area contributed by atoms with E-state index in [0.29, 0.717) is 24.7 Å². The molecule has 29 heavy (non-hydrogen) atoms. The number of halogens is 3. The van der Waals surface area contributed by atoms with Crippen molar-refractivity contribution in [2.45, 2.75) is 25.9 Å². The molecule has 1 amide bonds. The lowest BCUT2D eigenvalue weighted by atomic mass is 9.98. The Kier molecular flexibility index (Phi) is 5.81. The summed E-state index contributed by atoms with van der Waals surface area (Å²) in [5.41, 5.74) is -0.708. The zero-order chi connectivity index (χ0) is 21.2. The van der Waals surface area contributed by atoms with Crippen LogP contribution in [0.4, 0.5) is 24.5 Å². The molecule has 0 bridgehead atoms. The van der Waals surface area contributed by atoms with Crippen molar-refractivity contribution >= 4 is 23.3 Å². The molecule has 1 aliphatic rings. The van der Waals surface area contributed by atoms with E-state index in [0.717, 1.165) is 25.0 Å². The number of amides is 1. The summed E-state index contributed by atoms with van der Waals surface area (Å²) in [4.78, 5) is 26.0. The zero-order valence-electron chi connectivity index (χ0n) is 15.8. The molecule has 1 saturated heterocycles. The summed E-state index contributed by atoms with van der Waals surface area (Å²) < 4.78 is 39.7. The third kappa shape index (κ3) is 4.70. The van der Waals surface area contributed by atoms with Gasteiger partial charge in [-0.25, -0.2) is 4.79 Å². The van der Waals surface area contributed by atoms with Crippen LogP contribution in [0, 0.1) is 5.92 Å². The molecule has 5 nitrogen and oxygen atoms in total. The van der Waals surface area contributed by atoms with Crippen LogP contribution in [0.3, 0.4) is 0 Å². The number of alkyl halides is 3. The van der Waals surface area contributed by atoms with Crippen molar-refractivity contribution in [3.05, 3.63) is 59.2 Å². The lowest BCUT2D eigenvalue weighted by molar-refractivity contribution is -0.137. The van der Waals surface area contributed by atoms with Crippen molar-refractivity contribution in [2.75, 3.05) is 23.3 Å². The predicted molar refractivity (Wildman–Crippen MR) is 103 cm³/mol. The number of piperidine rings is 1. The zero-order valence-corrected chi connectivity index (χ0v) is 15.8. The van der Waals surface area contributed by atoms with E-state index in [9.17, 15) is 27.9 Å². The van der Waals surface area contributed by atoms with Crippen LogP contribution < -0.4 is 10.2 Å². The van der Waals surface area contributed by atoms with Crippen LogP contribution in [0.1, 0.15) is 46.0 Å². The molecule has 0 saturated carbocycles. The van der Waals surface area contributed by atoms with Crippen molar-refractivity contribution in [1.82, 2.24) is 0 Å². The van der Waals surface area contributed by atoms with E-state index in [1.807, 2.05) is 4.90 Å². The Balaban J connectivity index is 1.97. The average Bonchev–Trinajstić information content (AvgIpc) is 2.68. The van der Waals surface area contributed by atoms with Crippen LogP contribution in [0.15, 0.2) is 42.5 Å². The van der Waals surface area contributed by atoms with Crippen molar-refractivity contribution in [3.63, 3.8) is 0 Å². The van der Waals surface area contributed by atoms with E-state index in [-0.39, 0.29) is 16.8 Å². The van der Waals surface area contributed by atoms with Gasteiger partial charge >= 0.3 is 12.1 Å². The topological polar surface area (TPSA) is 69.6 Å². The summed E-state index contributed by atoms with van der Waals surface area (Å²) in [7, 11) is 0. The lowest BCUT2D eigenvalue weighted by Gasteiger charge is -2.33. The molecule has 2 N–H and O–H groups in total. The number of hydrogen-bond acceptors (Lipinski definition) is 3. The predicted octanol–water partition coefficient (Wildman–Crippen LogP) is 4.89. The molecule has 1 heterocycles. The van der Waals surface area contributed by atoms with E-state index in [2.05, 4.69) is 12.2 Å². The molecule has 3 rings (SSSR count). The largest absolute Gasteiger partial charge is 0.478 e. The summed E-state index contributed by atoms with van der Waals surface area (Å²) in [6.45, 7) is 3.46. The minimum Gasteiger partial charge on any atom is -0.478 e. The van der Waals surface area contributed by atoms with Gasteiger partial charge in [-0.2, -0.15) is 13.2 Å². The van der Waals surface area contributed by atoms with E-state index in [1.165, 1.54) is 30.3 Å². The normalized spacial score (nSPS) is 15.2. The van der Waals surface area contributed by atoms with Gasteiger partial charge in [-0.05, 0) is 49.1 Å². The van der Waals surface area contributed by atoms with Crippen LogP contribution in [-0.4, -0.2) is 30.1 Å². The van der Waals surface area contributed by atoms with Gasteiger partial charge in [0.25, 0.3) is 5.91 Å². The molecule has 0 spiro atoms. The van der Waals surface area contributed by atoms with E-state index in [4.69, 9.17) is 0 Å². The van der Waals surface area contributed by atoms with E-state index in [1.54, 1.807) is 0 Å². The Morgan fingerprint density at radius 2 is 1.69 bits per heavy atom. The quantitative estimate of drug-likeness (QED) is 0.758. The fourth-order valence-electron chi connectivity index (χ4n) is 3.39. The summed E-state index contributed by atoms with van der Waals surface area (Å²) in [5, 5.41) is 11.8. The maximum Gasteiger partial charge on any atom is 0.416 e. The number of nitrogens with one attached hydrogen (secondary N) is 1. The number of anilines is 2. The van der Waals surface area contributed by atoms with Gasteiger partial charge in [0.05, 0.1) is 28.1 Å².